The number of nitrogens with one attached hydrogen (secondary N) is 1. The summed E-state index contributed by atoms with van der Waals surface area (Å²) < 4.78 is 16.6. The van der Waals surface area contributed by atoms with Crippen molar-refractivity contribution in [1.82, 2.24) is 9.97 Å². The minimum absolute atomic E-state index is 0.144. The molecule has 0 fully saturated rings. The van der Waals surface area contributed by atoms with Gasteiger partial charge in [-0.25, -0.2) is 9.97 Å². The fourth-order valence-electron chi connectivity index (χ4n) is 3.17. The molecule has 5 rings (SSSR count). The third-order valence-electron chi connectivity index (χ3n) is 4.55. The van der Waals surface area contributed by atoms with E-state index in [1.807, 2.05) is 31.2 Å². The van der Waals surface area contributed by atoms with Crippen LogP contribution < -0.4 is 14.8 Å². The SMILES string of the molecule is CCc1nc(SCC(=O)Nc2ccc3c(c2)OCO3)c2oc3ccccc3c2n1. The van der Waals surface area contributed by atoms with Crippen LogP contribution in [0.4, 0.5) is 5.69 Å². The van der Waals surface area contributed by atoms with Crippen molar-refractivity contribution in [2.45, 2.75) is 18.4 Å². The molecule has 7 nitrogen and oxygen atoms in total. The highest BCUT2D eigenvalue weighted by Gasteiger charge is 2.18. The van der Waals surface area contributed by atoms with Crippen molar-refractivity contribution < 1.29 is 18.7 Å². The lowest BCUT2D eigenvalue weighted by Crippen LogP contribution is -2.14. The average Bonchev–Trinajstić information content (AvgIpc) is 3.36. The Bertz CT molecular complexity index is 1240. The topological polar surface area (TPSA) is 86.5 Å². The Morgan fingerprint density at radius 2 is 2.00 bits per heavy atom. The Kier molecular flexibility index (Phi) is 4.48. The van der Waals surface area contributed by atoms with Crippen LogP contribution in [0, 0.1) is 0 Å². The van der Waals surface area contributed by atoms with Gasteiger partial charge in [0, 0.05) is 23.6 Å². The summed E-state index contributed by atoms with van der Waals surface area (Å²) in [5, 5.41) is 4.50. The summed E-state index contributed by atoms with van der Waals surface area (Å²) in [7, 11) is 0. The van der Waals surface area contributed by atoms with Crippen LogP contribution >= 0.6 is 11.8 Å². The van der Waals surface area contributed by atoms with Crippen LogP contribution in [-0.4, -0.2) is 28.4 Å². The van der Waals surface area contributed by atoms with Gasteiger partial charge in [0.25, 0.3) is 0 Å². The van der Waals surface area contributed by atoms with Crippen LogP contribution in [0.5, 0.6) is 11.5 Å². The smallest absolute Gasteiger partial charge is 0.234 e. The maximum Gasteiger partial charge on any atom is 0.234 e. The molecule has 4 aromatic rings. The number of anilines is 1. The van der Waals surface area contributed by atoms with Gasteiger partial charge in [0.1, 0.15) is 22.0 Å². The van der Waals surface area contributed by atoms with E-state index in [0.717, 1.165) is 22.3 Å². The van der Waals surface area contributed by atoms with Crippen LogP contribution in [0.1, 0.15) is 12.7 Å². The average molecular weight is 407 g/mol. The van der Waals surface area contributed by atoms with Crippen molar-refractivity contribution in [3.8, 4) is 11.5 Å². The van der Waals surface area contributed by atoms with Gasteiger partial charge in [-0.1, -0.05) is 30.8 Å². The highest BCUT2D eigenvalue weighted by Crippen LogP contribution is 2.35. The van der Waals surface area contributed by atoms with E-state index < -0.39 is 0 Å². The molecule has 2 aromatic carbocycles. The van der Waals surface area contributed by atoms with Gasteiger partial charge in [-0.05, 0) is 24.3 Å². The third kappa shape index (κ3) is 3.36. The van der Waals surface area contributed by atoms with Crippen molar-refractivity contribution in [2.75, 3.05) is 17.9 Å². The zero-order valence-electron chi connectivity index (χ0n) is 15.6. The van der Waals surface area contributed by atoms with Gasteiger partial charge in [-0.3, -0.25) is 4.79 Å². The first-order valence-electron chi connectivity index (χ1n) is 9.21. The molecule has 0 saturated carbocycles. The van der Waals surface area contributed by atoms with Gasteiger partial charge in [-0.15, -0.1) is 0 Å². The molecule has 1 N–H and O–H groups in total. The first-order chi connectivity index (χ1) is 14.2. The number of carbonyl (C=O) groups is 1. The third-order valence-corrected chi connectivity index (χ3v) is 5.50. The Hall–Kier alpha value is -3.26. The van der Waals surface area contributed by atoms with Crippen molar-refractivity contribution in [2.24, 2.45) is 0 Å². The predicted molar refractivity (Wildman–Crippen MR) is 111 cm³/mol. The van der Waals surface area contributed by atoms with E-state index in [0.29, 0.717) is 34.2 Å². The number of para-hydroxylation sites is 1. The van der Waals surface area contributed by atoms with Gasteiger partial charge in [-0.2, -0.15) is 0 Å². The van der Waals surface area contributed by atoms with Crippen molar-refractivity contribution >= 4 is 45.4 Å². The molecule has 29 heavy (non-hydrogen) atoms. The highest BCUT2D eigenvalue weighted by molar-refractivity contribution is 8.00. The molecule has 1 aliphatic rings. The summed E-state index contributed by atoms with van der Waals surface area (Å²) >= 11 is 1.33. The van der Waals surface area contributed by atoms with Crippen LogP contribution in [-0.2, 0) is 11.2 Å². The molecule has 0 saturated heterocycles. The quantitative estimate of drug-likeness (QED) is 0.388. The molecule has 1 amide bonds. The highest BCUT2D eigenvalue weighted by atomic mass is 32.2. The number of fused-ring (bicyclic) bond motifs is 4. The Morgan fingerprint density at radius 3 is 2.90 bits per heavy atom. The van der Waals surface area contributed by atoms with Gasteiger partial charge < -0.3 is 19.2 Å². The summed E-state index contributed by atoms with van der Waals surface area (Å²) in [4.78, 5) is 21.7. The molecule has 0 bridgehead atoms. The number of carbonyl (C=O) groups excluding carboxylic acids is 1. The Balaban J connectivity index is 1.37. The zero-order valence-corrected chi connectivity index (χ0v) is 16.4. The molecule has 0 spiro atoms. The van der Waals surface area contributed by atoms with Gasteiger partial charge in [0.2, 0.25) is 12.7 Å². The fraction of sp³-hybridized carbons (Fsp3) is 0.190. The maximum absolute atomic E-state index is 12.5. The lowest BCUT2D eigenvalue weighted by Gasteiger charge is -2.07. The number of nitrogens with zero attached hydrogens (tertiary/aromatic N) is 2. The summed E-state index contributed by atoms with van der Waals surface area (Å²) in [5.74, 6) is 2.08. The summed E-state index contributed by atoms with van der Waals surface area (Å²) in [6.45, 7) is 2.20. The molecular formula is C21H17N3O4S. The molecule has 1 aliphatic heterocycles. The molecule has 0 aliphatic carbocycles. The molecule has 0 unspecified atom stereocenters. The molecule has 0 radical (unpaired) electrons. The van der Waals surface area contributed by atoms with Gasteiger partial charge >= 0.3 is 0 Å². The number of rotatable bonds is 5. The number of hydrogen-bond acceptors (Lipinski definition) is 7. The van der Waals surface area contributed by atoms with E-state index in [2.05, 4.69) is 15.3 Å². The van der Waals surface area contributed by atoms with E-state index >= 15 is 0 Å². The van der Waals surface area contributed by atoms with Gasteiger partial charge in [0.15, 0.2) is 17.1 Å². The van der Waals surface area contributed by atoms with E-state index in [4.69, 9.17) is 13.9 Å². The predicted octanol–water partition coefficient (Wildman–Crippen LogP) is 4.40. The molecule has 146 valence electrons. The van der Waals surface area contributed by atoms with Crippen molar-refractivity contribution in [1.29, 1.82) is 0 Å². The number of hydrogen-bond donors (Lipinski definition) is 1. The van der Waals surface area contributed by atoms with E-state index in [1.165, 1.54) is 11.8 Å². The maximum atomic E-state index is 12.5. The number of ether oxygens (including phenoxy) is 2. The second-order valence-corrected chi connectivity index (χ2v) is 7.44. The summed E-state index contributed by atoms with van der Waals surface area (Å²) in [5.41, 5.74) is 2.82. The first-order valence-corrected chi connectivity index (χ1v) is 10.2. The lowest BCUT2D eigenvalue weighted by molar-refractivity contribution is -0.113. The van der Waals surface area contributed by atoms with Crippen LogP contribution in [0.25, 0.3) is 22.1 Å². The Morgan fingerprint density at radius 1 is 1.14 bits per heavy atom. The minimum Gasteiger partial charge on any atom is -0.454 e. The number of thioether (sulfide) groups is 1. The van der Waals surface area contributed by atoms with Crippen LogP contribution in [0.15, 0.2) is 51.9 Å². The zero-order chi connectivity index (χ0) is 19.8. The normalized spacial score (nSPS) is 12.6. The number of furan rings is 1. The number of benzene rings is 2. The van der Waals surface area contributed by atoms with Crippen LogP contribution in [0.3, 0.4) is 0 Å². The number of aryl methyl sites for hydroxylation is 1. The minimum atomic E-state index is -0.144. The Labute approximate surface area is 170 Å². The van der Waals surface area contributed by atoms with Crippen molar-refractivity contribution in [3.63, 3.8) is 0 Å². The molecule has 3 heterocycles. The summed E-state index contributed by atoms with van der Waals surface area (Å²) in [6, 6.07) is 13.1. The van der Waals surface area contributed by atoms with E-state index in [9.17, 15) is 4.79 Å². The molecule has 0 atom stereocenters. The van der Waals surface area contributed by atoms with Gasteiger partial charge in [0.05, 0.1) is 5.75 Å². The monoisotopic (exact) mass is 407 g/mol. The second kappa shape index (κ2) is 7.29. The van der Waals surface area contributed by atoms with Crippen molar-refractivity contribution in [3.05, 3.63) is 48.3 Å². The standard InChI is InChI=1S/C21H17N3O4S/c1-2-17-23-19-13-5-3-4-6-14(13)28-20(19)21(24-17)29-10-18(25)22-12-7-8-15-16(9-12)27-11-26-15/h3-9H,2,10-11H2,1H3,(H,22,25). The lowest BCUT2D eigenvalue weighted by atomic mass is 10.2. The fourth-order valence-corrected chi connectivity index (χ4v) is 3.95. The summed E-state index contributed by atoms with van der Waals surface area (Å²) in [6.07, 6.45) is 0.701. The molecule has 2 aromatic heterocycles. The van der Waals surface area contributed by atoms with E-state index in [1.54, 1.807) is 18.2 Å². The number of amides is 1. The van der Waals surface area contributed by atoms with E-state index in [-0.39, 0.29) is 18.5 Å². The second-order valence-electron chi connectivity index (χ2n) is 6.48. The number of aromatic nitrogens is 2. The molecule has 8 heteroatoms. The largest absolute Gasteiger partial charge is 0.454 e. The first kappa shape index (κ1) is 17.8. The molecular weight excluding hydrogens is 390 g/mol. The van der Waals surface area contributed by atoms with Crippen LogP contribution in [0.2, 0.25) is 0 Å².